The van der Waals surface area contributed by atoms with Crippen molar-refractivity contribution in [2.24, 2.45) is 0 Å². The molecule has 0 aromatic rings. The maximum atomic E-state index is 8.77. The van der Waals surface area contributed by atoms with E-state index in [2.05, 4.69) is 17.8 Å². The summed E-state index contributed by atoms with van der Waals surface area (Å²) in [4.78, 5) is 0. The predicted octanol–water partition coefficient (Wildman–Crippen LogP) is 1.12. The van der Waals surface area contributed by atoms with Crippen LogP contribution in [0.3, 0.4) is 0 Å². The van der Waals surface area contributed by atoms with Crippen molar-refractivity contribution in [3.63, 3.8) is 0 Å². The van der Waals surface area contributed by atoms with Gasteiger partial charge in [0.2, 0.25) is 0 Å². The van der Waals surface area contributed by atoms with Gasteiger partial charge in [0.1, 0.15) is 0 Å². The molecule has 56 valence electrons. The highest BCUT2D eigenvalue weighted by Crippen LogP contribution is 1.82. The van der Waals surface area contributed by atoms with Gasteiger partial charge in [-0.05, 0) is 24.8 Å². The van der Waals surface area contributed by atoms with Gasteiger partial charge in [0.15, 0.2) is 0 Å². The Balaban J connectivity index is 3.71. The van der Waals surface area contributed by atoms with Gasteiger partial charge in [0.05, 0.1) is 6.10 Å². The lowest BCUT2D eigenvalue weighted by Gasteiger charge is -1.88. The average Bonchev–Trinajstić information content (AvgIpc) is 1.96. The first-order chi connectivity index (χ1) is 5.27. The van der Waals surface area contributed by atoms with Crippen LogP contribution < -0.4 is 0 Å². The van der Waals surface area contributed by atoms with E-state index in [1.165, 1.54) is 0 Å². The predicted molar refractivity (Wildman–Crippen MR) is 46.6 cm³/mol. The number of rotatable bonds is 2. The highest BCUT2D eigenvalue weighted by Gasteiger charge is 1.79. The van der Waals surface area contributed by atoms with E-state index in [1.807, 2.05) is 0 Å². The van der Waals surface area contributed by atoms with Crippen molar-refractivity contribution < 1.29 is 5.11 Å². The average molecular weight is 146 g/mol. The molecule has 0 aliphatic rings. The fourth-order valence-corrected chi connectivity index (χ4v) is 0.412. The molecule has 0 heterocycles. The molecule has 0 saturated carbocycles. The van der Waals surface area contributed by atoms with Crippen LogP contribution in [0.1, 0.15) is 6.92 Å². The van der Waals surface area contributed by atoms with Gasteiger partial charge < -0.3 is 5.11 Å². The molecular formula is C10H10O. The first-order valence-corrected chi connectivity index (χ1v) is 3.25. The van der Waals surface area contributed by atoms with E-state index in [9.17, 15) is 0 Å². The van der Waals surface area contributed by atoms with Crippen molar-refractivity contribution >= 4 is 0 Å². The Morgan fingerprint density at radius 2 is 2.18 bits per heavy atom. The maximum absolute atomic E-state index is 8.77. The minimum atomic E-state index is -0.416. The minimum absolute atomic E-state index is 0.416. The smallest absolute Gasteiger partial charge is 0.0695 e. The Morgan fingerprint density at radius 3 is 2.73 bits per heavy atom. The largest absolute Gasteiger partial charge is 0.389 e. The van der Waals surface area contributed by atoms with Gasteiger partial charge in [0.25, 0.3) is 0 Å². The molecule has 0 radical (unpaired) electrons. The molecule has 11 heavy (non-hydrogen) atoms. The summed E-state index contributed by atoms with van der Waals surface area (Å²) in [6.45, 7) is 1.68. The summed E-state index contributed by atoms with van der Waals surface area (Å²) in [6, 6.07) is 0. The van der Waals surface area contributed by atoms with Crippen LogP contribution in [-0.4, -0.2) is 11.2 Å². The molecule has 1 unspecified atom stereocenters. The molecule has 0 amide bonds. The fourth-order valence-electron chi connectivity index (χ4n) is 0.412. The van der Waals surface area contributed by atoms with Gasteiger partial charge in [-0.25, -0.2) is 0 Å². The van der Waals surface area contributed by atoms with Crippen molar-refractivity contribution in [3.05, 3.63) is 24.3 Å². The lowest BCUT2D eigenvalue weighted by Crippen LogP contribution is -1.90. The molecule has 0 spiro atoms. The van der Waals surface area contributed by atoms with Crippen LogP contribution in [0, 0.1) is 24.2 Å². The molecule has 1 atom stereocenters. The number of hydrogen-bond donors (Lipinski definition) is 1. The van der Waals surface area contributed by atoms with Gasteiger partial charge in [-0.1, -0.05) is 24.1 Å². The highest BCUT2D eigenvalue weighted by atomic mass is 16.3. The molecule has 0 bridgehead atoms. The second-order valence-electron chi connectivity index (χ2n) is 1.90. The molecule has 1 N–H and O–H groups in total. The second kappa shape index (κ2) is 6.68. The highest BCUT2D eigenvalue weighted by molar-refractivity contribution is 5.29. The molecule has 0 rings (SSSR count). The monoisotopic (exact) mass is 146 g/mol. The summed E-state index contributed by atoms with van der Waals surface area (Å²) in [5.74, 6) is 7.22. The van der Waals surface area contributed by atoms with E-state index in [4.69, 9.17) is 11.5 Å². The first-order valence-electron chi connectivity index (χ1n) is 3.25. The van der Waals surface area contributed by atoms with E-state index in [1.54, 1.807) is 31.2 Å². The Morgan fingerprint density at radius 1 is 1.45 bits per heavy atom. The molecular weight excluding hydrogens is 136 g/mol. The summed E-state index contributed by atoms with van der Waals surface area (Å²) >= 11 is 0. The Bertz CT molecular complexity index is 240. The summed E-state index contributed by atoms with van der Waals surface area (Å²) in [7, 11) is 0. The van der Waals surface area contributed by atoms with E-state index in [0.717, 1.165) is 0 Å². The Labute approximate surface area is 67.4 Å². The maximum Gasteiger partial charge on any atom is 0.0695 e. The number of hydrogen-bond acceptors (Lipinski definition) is 1. The lowest BCUT2D eigenvalue weighted by atomic mass is 10.3. The summed E-state index contributed by atoms with van der Waals surface area (Å²) < 4.78 is 0. The van der Waals surface area contributed by atoms with Crippen LogP contribution in [0.4, 0.5) is 0 Å². The number of aliphatic hydroxyl groups is 1. The quantitative estimate of drug-likeness (QED) is 0.457. The molecule has 0 saturated heterocycles. The Hall–Kier alpha value is -1.44. The minimum Gasteiger partial charge on any atom is -0.389 e. The molecule has 1 heteroatoms. The third-order valence-electron chi connectivity index (χ3n) is 0.825. The molecule has 0 aromatic heterocycles. The summed E-state index contributed by atoms with van der Waals surface area (Å²) in [5.41, 5.74) is 0. The van der Waals surface area contributed by atoms with Crippen molar-refractivity contribution in [3.8, 4) is 24.2 Å². The van der Waals surface area contributed by atoms with E-state index >= 15 is 0 Å². The van der Waals surface area contributed by atoms with Crippen LogP contribution >= 0.6 is 0 Å². The zero-order chi connectivity index (χ0) is 8.53. The van der Waals surface area contributed by atoms with Crippen LogP contribution in [0.2, 0.25) is 0 Å². The molecule has 0 fully saturated rings. The third kappa shape index (κ3) is 8.56. The topological polar surface area (TPSA) is 20.2 Å². The van der Waals surface area contributed by atoms with Crippen LogP contribution in [0.25, 0.3) is 0 Å². The third-order valence-corrected chi connectivity index (χ3v) is 0.825. The van der Waals surface area contributed by atoms with Gasteiger partial charge in [-0.15, -0.1) is 6.42 Å². The summed E-state index contributed by atoms with van der Waals surface area (Å²) in [6.07, 6.45) is 11.2. The second-order valence-corrected chi connectivity index (χ2v) is 1.90. The van der Waals surface area contributed by atoms with Gasteiger partial charge >= 0.3 is 0 Å². The molecule has 0 aromatic carbocycles. The zero-order valence-electron chi connectivity index (χ0n) is 6.41. The van der Waals surface area contributed by atoms with Gasteiger partial charge in [-0.3, -0.25) is 0 Å². The van der Waals surface area contributed by atoms with Crippen molar-refractivity contribution in [2.45, 2.75) is 13.0 Å². The normalized spacial score (nSPS) is 12.5. The fraction of sp³-hybridized carbons (Fsp3) is 0.200. The van der Waals surface area contributed by atoms with E-state index in [-0.39, 0.29) is 0 Å². The van der Waals surface area contributed by atoms with Crippen LogP contribution in [-0.2, 0) is 0 Å². The van der Waals surface area contributed by atoms with E-state index in [0.29, 0.717) is 0 Å². The van der Waals surface area contributed by atoms with Crippen molar-refractivity contribution in [1.82, 2.24) is 0 Å². The first kappa shape index (κ1) is 9.56. The molecule has 0 aliphatic carbocycles. The summed E-state index contributed by atoms with van der Waals surface area (Å²) in [5, 5.41) is 8.77. The molecule has 1 nitrogen and oxygen atoms in total. The standard InChI is InChI=1S/C10H10O/c1-3-4-5-6-7-8-9-10(2)11/h1,6-11H,2H3/b7-6+,9-8+. The van der Waals surface area contributed by atoms with Crippen LogP contribution in [0.5, 0.6) is 0 Å². The zero-order valence-corrected chi connectivity index (χ0v) is 6.41. The van der Waals surface area contributed by atoms with Crippen molar-refractivity contribution in [1.29, 1.82) is 0 Å². The molecule has 0 aliphatic heterocycles. The number of allylic oxidation sites excluding steroid dienone is 3. The van der Waals surface area contributed by atoms with Crippen molar-refractivity contribution in [2.75, 3.05) is 0 Å². The van der Waals surface area contributed by atoms with Gasteiger partial charge in [-0.2, -0.15) is 0 Å². The SMILES string of the molecule is C#CC#C/C=C/C=C/C(C)O. The Kier molecular flexibility index (Phi) is 5.80. The van der Waals surface area contributed by atoms with E-state index < -0.39 is 6.10 Å². The van der Waals surface area contributed by atoms with Crippen LogP contribution in [0.15, 0.2) is 24.3 Å². The van der Waals surface area contributed by atoms with Gasteiger partial charge in [0, 0.05) is 0 Å². The number of aliphatic hydroxyl groups excluding tert-OH is 1. The number of terminal acetylenes is 1. The lowest BCUT2D eigenvalue weighted by molar-refractivity contribution is 0.244.